The molecule has 0 saturated carbocycles. The number of halogens is 3. The molecule has 0 rings (SSSR count). The fourth-order valence-electron chi connectivity index (χ4n) is 1.62. The summed E-state index contributed by atoms with van der Waals surface area (Å²) in [6, 6.07) is 0. The summed E-state index contributed by atoms with van der Waals surface area (Å²) in [5.74, 6) is -0.284. The van der Waals surface area contributed by atoms with Crippen LogP contribution in [0.3, 0.4) is 0 Å². The molecule has 102 valence electrons. The molecule has 2 nitrogen and oxygen atoms in total. The summed E-state index contributed by atoms with van der Waals surface area (Å²) < 4.78 is 0. The Labute approximate surface area is 119 Å². The number of carbonyl (C=O) groups is 1. The first-order chi connectivity index (χ1) is 8.09. The lowest BCUT2D eigenvalue weighted by molar-refractivity contribution is -0.136. The highest BCUT2D eigenvalue weighted by Gasteiger charge is 2.22. The maximum Gasteiger partial charge on any atom is 0.323 e. The van der Waals surface area contributed by atoms with Crippen LogP contribution in [0.25, 0.3) is 0 Å². The van der Waals surface area contributed by atoms with Crippen LogP contribution in [-0.2, 0) is 4.79 Å². The maximum atomic E-state index is 10.5. The van der Waals surface area contributed by atoms with Gasteiger partial charge in [-0.3, -0.25) is 4.79 Å². The zero-order chi connectivity index (χ0) is 13.1. The second-order valence-electron chi connectivity index (χ2n) is 4.21. The number of hydrogen-bond acceptors (Lipinski definition) is 1. The van der Waals surface area contributed by atoms with Crippen molar-refractivity contribution in [1.82, 2.24) is 0 Å². The van der Waals surface area contributed by atoms with Crippen LogP contribution in [0.4, 0.5) is 0 Å². The summed E-state index contributed by atoms with van der Waals surface area (Å²) in [5.41, 5.74) is 0. The Bertz CT molecular complexity index is 200. The van der Waals surface area contributed by atoms with E-state index in [-0.39, 0.29) is 0 Å². The van der Waals surface area contributed by atoms with Crippen LogP contribution in [-0.4, -0.2) is 27.7 Å². The first-order valence-electron chi connectivity index (χ1n) is 6.16. The van der Waals surface area contributed by atoms with Gasteiger partial charge in [-0.1, -0.05) is 38.5 Å². The van der Waals surface area contributed by atoms with Gasteiger partial charge in [0.05, 0.1) is 5.38 Å². The van der Waals surface area contributed by atoms with Gasteiger partial charge in [0.2, 0.25) is 0 Å². The van der Waals surface area contributed by atoms with Gasteiger partial charge in [0.25, 0.3) is 0 Å². The van der Waals surface area contributed by atoms with Gasteiger partial charge in [-0.15, -0.1) is 34.8 Å². The lowest BCUT2D eigenvalue weighted by Crippen LogP contribution is -2.24. The first-order valence-corrected chi connectivity index (χ1v) is 7.57. The van der Waals surface area contributed by atoms with Crippen LogP contribution in [0.2, 0.25) is 0 Å². The number of unbranched alkanes of at least 4 members (excludes halogenated alkanes) is 6. The van der Waals surface area contributed by atoms with Gasteiger partial charge < -0.3 is 5.11 Å². The quantitative estimate of drug-likeness (QED) is 0.446. The molecule has 0 heterocycles. The van der Waals surface area contributed by atoms with E-state index in [2.05, 4.69) is 0 Å². The second-order valence-corrected chi connectivity index (χ2v) is 5.62. The Morgan fingerprint density at radius 2 is 1.41 bits per heavy atom. The Morgan fingerprint density at radius 1 is 0.941 bits per heavy atom. The third kappa shape index (κ3) is 9.99. The summed E-state index contributed by atoms with van der Waals surface area (Å²) in [6.45, 7) is 0. The number of carboxylic acid groups (broad SMARTS) is 1. The fraction of sp³-hybridized carbons (Fsp3) is 0.917. The van der Waals surface area contributed by atoms with E-state index in [0.29, 0.717) is 6.42 Å². The topological polar surface area (TPSA) is 37.3 Å². The minimum Gasteiger partial charge on any atom is -0.480 e. The molecule has 0 spiro atoms. The molecule has 5 heteroatoms. The van der Waals surface area contributed by atoms with E-state index in [9.17, 15) is 4.79 Å². The van der Waals surface area contributed by atoms with Crippen molar-refractivity contribution in [2.24, 2.45) is 0 Å². The molecule has 0 fully saturated rings. The van der Waals surface area contributed by atoms with Gasteiger partial charge in [-0.25, -0.2) is 0 Å². The van der Waals surface area contributed by atoms with Crippen LogP contribution >= 0.6 is 34.8 Å². The molecule has 0 aromatic rings. The van der Waals surface area contributed by atoms with E-state index in [1.165, 1.54) is 25.7 Å². The van der Waals surface area contributed by atoms with E-state index in [1.807, 2.05) is 0 Å². The van der Waals surface area contributed by atoms with Gasteiger partial charge in [0.1, 0.15) is 5.38 Å². The van der Waals surface area contributed by atoms with Crippen molar-refractivity contribution < 1.29 is 9.90 Å². The molecule has 0 radical (unpaired) electrons. The molecule has 1 N–H and O–H groups in total. The van der Waals surface area contributed by atoms with E-state index < -0.39 is 16.7 Å². The largest absolute Gasteiger partial charge is 0.480 e. The van der Waals surface area contributed by atoms with Gasteiger partial charge in [0, 0.05) is 5.88 Å². The van der Waals surface area contributed by atoms with E-state index >= 15 is 0 Å². The lowest BCUT2D eigenvalue weighted by atomic mass is 10.1. The first kappa shape index (κ1) is 17.3. The summed E-state index contributed by atoms with van der Waals surface area (Å²) >= 11 is 17.1. The normalized spacial score (nSPS) is 14.5. The maximum absolute atomic E-state index is 10.5. The summed E-state index contributed by atoms with van der Waals surface area (Å²) in [4.78, 5) is 10.5. The number of aliphatic carboxylic acids is 1. The highest BCUT2D eigenvalue weighted by atomic mass is 35.5. The fourth-order valence-corrected chi connectivity index (χ4v) is 2.20. The summed E-state index contributed by atoms with van der Waals surface area (Å²) in [7, 11) is 0. The third-order valence-electron chi connectivity index (χ3n) is 2.67. The molecule has 0 bridgehead atoms. The lowest BCUT2D eigenvalue weighted by Gasteiger charge is -2.11. The van der Waals surface area contributed by atoms with E-state index in [1.54, 1.807) is 0 Å². The van der Waals surface area contributed by atoms with Gasteiger partial charge in [-0.05, 0) is 12.8 Å². The molecule has 0 aliphatic heterocycles. The predicted octanol–water partition coefficient (Wildman–Crippen LogP) is 4.65. The number of hydrogen-bond donors (Lipinski definition) is 1. The number of carboxylic acids is 1. The van der Waals surface area contributed by atoms with Crippen LogP contribution in [0.15, 0.2) is 0 Å². The monoisotopic (exact) mass is 302 g/mol. The molecule has 17 heavy (non-hydrogen) atoms. The van der Waals surface area contributed by atoms with Crippen molar-refractivity contribution in [1.29, 1.82) is 0 Å². The molecule has 0 aromatic carbocycles. The van der Waals surface area contributed by atoms with Crippen LogP contribution in [0.1, 0.15) is 51.4 Å². The standard InChI is InChI=1S/C12H21Cl3O2/c13-9-7-5-3-1-2-4-6-8-10(14)11(15)12(16)17/h10-11H,1-9H2,(H,16,17). The van der Waals surface area contributed by atoms with E-state index in [0.717, 1.165) is 25.1 Å². The molecular weight excluding hydrogens is 282 g/mol. The molecule has 0 amide bonds. The predicted molar refractivity (Wildman–Crippen MR) is 74.6 cm³/mol. The molecule has 0 saturated heterocycles. The van der Waals surface area contributed by atoms with Gasteiger partial charge in [-0.2, -0.15) is 0 Å². The van der Waals surface area contributed by atoms with Crippen molar-refractivity contribution in [2.75, 3.05) is 5.88 Å². The van der Waals surface area contributed by atoms with Gasteiger partial charge >= 0.3 is 5.97 Å². The molecule has 0 aliphatic rings. The summed E-state index contributed by atoms with van der Waals surface area (Å²) in [6.07, 6.45) is 8.61. The van der Waals surface area contributed by atoms with Gasteiger partial charge in [0.15, 0.2) is 0 Å². The van der Waals surface area contributed by atoms with Crippen molar-refractivity contribution in [3.63, 3.8) is 0 Å². The van der Waals surface area contributed by atoms with Crippen LogP contribution in [0, 0.1) is 0 Å². The third-order valence-corrected chi connectivity index (χ3v) is 4.02. The van der Waals surface area contributed by atoms with E-state index in [4.69, 9.17) is 39.9 Å². The van der Waals surface area contributed by atoms with Crippen molar-refractivity contribution in [3.8, 4) is 0 Å². The Hall–Kier alpha value is 0.340. The minimum atomic E-state index is -1.03. The zero-order valence-electron chi connectivity index (χ0n) is 10.0. The van der Waals surface area contributed by atoms with Crippen LogP contribution in [0.5, 0.6) is 0 Å². The van der Waals surface area contributed by atoms with Crippen molar-refractivity contribution in [3.05, 3.63) is 0 Å². The minimum absolute atomic E-state index is 0.467. The SMILES string of the molecule is O=C(O)C(Cl)C(Cl)CCCCCCCCCCl. The second kappa shape index (κ2) is 11.4. The smallest absolute Gasteiger partial charge is 0.323 e. The Kier molecular flexibility index (Phi) is 11.7. The highest BCUT2D eigenvalue weighted by molar-refractivity contribution is 6.36. The Balaban J connectivity index is 3.30. The average Bonchev–Trinajstić information content (AvgIpc) is 2.31. The Morgan fingerprint density at radius 3 is 1.88 bits per heavy atom. The molecule has 0 aromatic heterocycles. The highest BCUT2D eigenvalue weighted by Crippen LogP contribution is 2.18. The molecule has 2 unspecified atom stereocenters. The number of rotatable bonds is 11. The van der Waals surface area contributed by atoms with Crippen molar-refractivity contribution in [2.45, 2.75) is 62.1 Å². The van der Waals surface area contributed by atoms with Crippen LogP contribution < -0.4 is 0 Å². The zero-order valence-corrected chi connectivity index (χ0v) is 12.3. The van der Waals surface area contributed by atoms with Crippen molar-refractivity contribution >= 4 is 40.8 Å². The molecule has 2 atom stereocenters. The summed E-state index contributed by atoms with van der Waals surface area (Å²) in [5, 5.41) is 7.21. The number of alkyl halides is 3. The molecular formula is C12H21Cl3O2. The average molecular weight is 304 g/mol. The molecule has 0 aliphatic carbocycles.